The van der Waals surface area contributed by atoms with E-state index in [0.717, 1.165) is 41.0 Å². The molecule has 0 saturated carbocycles. The van der Waals surface area contributed by atoms with Crippen LogP contribution < -0.4 is 10.1 Å². The standard InChI is InChI=1S/C31H39N3O3S/c1-6-21(2)18-33(31(36)32-25-10-7-22(3)8-11-25)19-30(35)34-15-13-29-26(14-16-38-29)27(34)20-37-28-12-9-23(4)17-24(28)5/h7-12,14,16-17,21,27H,6,13,15,18-20H2,1-5H3,(H,32,36). The number of urea groups is 1. The Bertz CT molecular complexity index is 1250. The highest BCUT2D eigenvalue weighted by atomic mass is 32.1. The van der Waals surface area contributed by atoms with E-state index < -0.39 is 0 Å². The first-order valence-corrected chi connectivity index (χ1v) is 14.3. The summed E-state index contributed by atoms with van der Waals surface area (Å²) in [5, 5.41) is 5.07. The van der Waals surface area contributed by atoms with Gasteiger partial charge in [-0.05, 0) is 73.9 Å². The van der Waals surface area contributed by atoms with Crippen LogP contribution in [0, 0.1) is 26.7 Å². The van der Waals surface area contributed by atoms with Gasteiger partial charge in [0.05, 0.1) is 6.04 Å². The second-order valence-corrected chi connectivity index (χ2v) is 11.4. The van der Waals surface area contributed by atoms with Crippen molar-refractivity contribution < 1.29 is 14.3 Å². The second-order valence-electron chi connectivity index (χ2n) is 10.4. The maximum atomic E-state index is 13.8. The number of carbonyl (C=O) groups excluding carboxylic acids is 2. The Hall–Kier alpha value is -3.32. The minimum Gasteiger partial charge on any atom is -0.491 e. The molecule has 2 heterocycles. The summed E-state index contributed by atoms with van der Waals surface area (Å²) in [5.41, 5.74) is 5.27. The van der Waals surface area contributed by atoms with E-state index >= 15 is 0 Å². The van der Waals surface area contributed by atoms with Gasteiger partial charge < -0.3 is 19.9 Å². The van der Waals surface area contributed by atoms with Crippen LogP contribution in [0.5, 0.6) is 5.75 Å². The van der Waals surface area contributed by atoms with E-state index in [-0.39, 0.29) is 30.4 Å². The molecule has 6 nitrogen and oxygen atoms in total. The summed E-state index contributed by atoms with van der Waals surface area (Å²) in [6, 6.07) is 15.5. The molecule has 3 aromatic rings. The van der Waals surface area contributed by atoms with Crippen LogP contribution in [-0.4, -0.2) is 48.0 Å². The molecule has 7 heteroatoms. The van der Waals surface area contributed by atoms with Gasteiger partial charge in [-0.1, -0.05) is 55.7 Å². The van der Waals surface area contributed by atoms with E-state index in [4.69, 9.17) is 4.74 Å². The topological polar surface area (TPSA) is 61.9 Å². The van der Waals surface area contributed by atoms with Crippen molar-refractivity contribution in [3.8, 4) is 5.75 Å². The first-order chi connectivity index (χ1) is 18.2. The zero-order valence-corrected chi connectivity index (χ0v) is 23.9. The fourth-order valence-electron chi connectivity index (χ4n) is 4.82. The predicted molar refractivity (Wildman–Crippen MR) is 155 cm³/mol. The number of nitrogens with one attached hydrogen (secondary N) is 1. The number of aryl methyl sites for hydroxylation is 3. The van der Waals surface area contributed by atoms with Crippen LogP contribution >= 0.6 is 11.3 Å². The van der Waals surface area contributed by atoms with Crippen LogP contribution in [0.2, 0.25) is 0 Å². The quantitative estimate of drug-likeness (QED) is 0.331. The molecule has 2 aromatic carbocycles. The predicted octanol–water partition coefficient (Wildman–Crippen LogP) is 6.76. The molecule has 0 saturated heterocycles. The Morgan fingerprint density at radius 3 is 2.55 bits per heavy atom. The molecular formula is C31H39N3O3S. The van der Waals surface area contributed by atoms with Gasteiger partial charge in [0.25, 0.3) is 0 Å². The minimum absolute atomic E-state index is 0.0293. The van der Waals surface area contributed by atoms with Crippen LogP contribution in [0.3, 0.4) is 0 Å². The average molecular weight is 534 g/mol. The molecule has 0 spiro atoms. The molecule has 2 atom stereocenters. The second kappa shape index (κ2) is 12.5. The Morgan fingerprint density at radius 1 is 1.11 bits per heavy atom. The molecule has 0 fully saturated rings. The molecule has 202 valence electrons. The molecule has 1 aromatic heterocycles. The molecule has 38 heavy (non-hydrogen) atoms. The number of fused-ring (bicyclic) bond motifs is 1. The van der Waals surface area contributed by atoms with Gasteiger partial charge in [0.1, 0.15) is 18.9 Å². The van der Waals surface area contributed by atoms with Crippen molar-refractivity contribution >= 4 is 29.0 Å². The Labute approximate surface area is 230 Å². The molecule has 1 N–H and O–H groups in total. The average Bonchev–Trinajstić information content (AvgIpc) is 3.38. The third-order valence-electron chi connectivity index (χ3n) is 7.29. The van der Waals surface area contributed by atoms with Crippen LogP contribution in [0.25, 0.3) is 0 Å². The lowest BCUT2D eigenvalue weighted by Crippen LogP contribution is -2.49. The van der Waals surface area contributed by atoms with Gasteiger partial charge in [-0.3, -0.25) is 4.79 Å². The number of carbonyl (C=O) groups is 2. The van der Waals surface area contributed by atoms with Crippen molar-refractivity contribution in [2.45, 2.75) is 53.5 Å². The summed E-state index contributed by atoms with van der Waals surface area (Å²) in [5.74, 6) is 1.06. The van der Waals surface area contributed by atoms with Gasteiger partial charge in [-0.15, -0.1) is 11.3 Å². The summed E-state index contributed by atoms with van der Waals surface area (Å²) in [4.78, 5) is 32.0. The lowest BCUT2D eigenvalue weighted by Gasteiger charge is -2.37. The van der Waals surface area contributed by atoms with Gasteiger partial charge in [0.15, 0.2) is 0 Å². The molecule has 3 amide bonds. The number of hydrogen-bond acceptors (Lipinski definition) is 4. The monoisotopic (exact) mass is 533 g/mol. The van der Waals surface area contributed by atoms with Crippen LogP contribution in [0.4, 0.5) is 10.5 Å². The van der Waals surface area contributed by atoms with E-state index in [1.54, 1.807) is 16.2 Å². The summed E-state index contributed by atoms with van der Waals surface area (Å²) in [7, 11) is 0. The highest BCUT2D eigenvalue weighted by Crippen LogP contribution is 2.34. The number of anilines is 1. The first-order valence-electron chi connectivity index (χ1n) is 13.4. The maximum Gasteiger partial charge on any atom is 0.322 e. The number of benzene rings is 2. The SMILES string of the molecule is CCC(C)CN(CC(=O)N1CCc2sccc2C1COc1ccc(C)cc1C)C(=O)Nc1ccc(C)cc1. The number of nitrogens with zero attached hydrogens (tertiary/aromatic N) is 2. The molecule has 0 radical (unpaired) electrons. The van der Waals surface area contributed by atoms with Crippen molar-refractivity contribution in [3.05, 3.63) is 81.0 Å². The van der Waals surface area contributed by atoms with Crippen molar-refractivity contribution in [1.29, 1.82) is 0 Å². The summed E-state index contributed by atoms with van der Waals surface area (Å²) in [6.45, 7) is 11.9. The number of hydrogen-bond donors (Lipinski definition) is 1. The fourth-order valence-corrected chi connectivity index (χ4v) is 5.75. The summed E-state index contributed by atoms with van der Waals surface area (Å²) >= 11 is 1.73. The van der Waals surface area contributed by atoms with Gasteiger partial charge in [-0.25, -0.2) is 4.79 Å². The Balaban J connectivity index is 1.51. The van der Waals surface area contributed by atoms with Gasteiger partial charge in [0, 0.05) is 23.7 Å². The van der Waals surface area contributed by atoms with Crippen LogP contribution in [0.15, 0.2) is 53.9 Å². The van der Waals surface area contributed by atoms with Gasteiger partial charge in [0.2, 0.25) is 5.91 Å². The van der Waals surface area contributed by atoms with E-state index in [2.05, 4.69) is 43.6 Å². The van der Waals surface area contributed by atoms with Crippen molar-refractivity contribution in [3.63, 3.8) is 0 Å². The molecule has 1 aliphatic heterocycles. The Kier molecular flexibility index (Phi) is 9.10. The lowest BCUT2D eigenvalue weighted by atomic mass is 10.00. The minimum atomic E-state index is -0.251. The van der Waals surface area contributed by atoms with Gasteiger partial charge >= 0.3 is 6.03 Å². The number of rotatable bonds is 9. The molecule has 1 aliphatic rings. The Morgan fingerprint density at radius 2 is 1.84 bits per heavy atom. The van der Waals surface area contributed by atoms with Crippen LogP contribution in [0.1, 0.15) is 53.4 Å². The largest absolute Gasteiger partial charge is 0.491 e. The van der Waals surface area contributed by atoms with Crippen LogP contribution in [-0.2, 0) is 11.2 Å². The smallest absolute Gasteiger partial charge is 0.322 e. The molecule has 2 unspecified atom stereocenters. The van der Waals surface area contributed by atoms with Gasteiger partial charge in [-0.2, -0.15) is 0 Å². The molecule has 0 bridgehead atoms. The third-order valence-corrected chi connectivity index (χ3v) is 8.28. The zero-order chi connectivity index (χ0) is 27.2. The highest BCUT2D eigenvalue weighted by molar-refractivity contribution is 7.10. The normalized spacial score (nSPS) is 15.5. The van der Waals surface area contributed by atoms with E-state index in [9.17, 15) is 9.59 Å². The van der Waals surface area contributed by atoms with E-state index in [0.29, 0.717) is 19.7 Å². The van der Waals surface area contributed by atoms with E-state index in [1.165, 1.54) is 10.4 Å². The molecular weight excluding hydrogens is 494 g/mol. The summed E-state index contributed by atoms with van der Waals surface area (Å²) < 4.78 is 6.28. The summed E-state index contributed by atoms with van der Waals surface area (Å²) in [6.07, 6.45) is 1.75. The third kappa shape index (κ3) is 6.76. The van der Waals surface area contributed by atoms with E-state index in [1.807, 2.05) is 55.1 Å². The molecule has 0 aliphatic carbocycles. The lowest BCUT2D eigenvalue weighted by molar-refractivity contribution is -0.135. The van der Waals surface area contributed by atoms with Crippen molar-refractivity contribution in [1.82, 2.24) is 9.80 Å². The van der Waals surface area contributed by atoms with Crippen molar-refractivity contribution in [2.75, 3.05) is 31.6 Å². The maximum absolute atomic E-state index is 13.8. The zero-order valence-electron chi connectivity index (χ0n) is 23.1. The first kappa shape index (κ1) is 27.7. The highest BCUT2D eigenvalue weighted by Gasteiger charge is 2.34. The molecule has 4 rings (SSSR count). The number of thiophene rings is 1. The number of ether oxygens (including phenoxy) is 1. The van der Waals surface area contributed by atoms with Crippen molar-refractivity contribution in [2.24, 2.45) is 5.92 Å². The number of amides is 3. The fraction of sp³-hybridized carbons (Fsp3) is 0.419.